The number of anilines is 1. The van der Waals surface area contributed by atoms with Gasteiger partial charge in [-0.1, -0.05) is 41.9 Å². The molecule has 0 radical (unpaired) electrons. The monoisotopic (exact) mass is 462 g/mol. The van der Waals surface area contributed by atoms with Crippen LogP contribution < -0.4 is 5.32 Å². The Kier molecular flexibility index (Phi) is 6.11. The standard InChI is InChI=1S/C24H15ClN2O4S/c25-22-18-6-2-4-8-21(18)32-23(22)24(29)26-17-12-9-16(10-13-17)20(28)14-11-15-5-1-3-7-19(15)27(30)31/h1-14H,(H,26,29)/b14-11+. The summed E-state index contributed by atoms with van der Waals surface area (Å²) in [6, 6.07) is 20.1. The molecule has 3 aromatic carbocycles. The van der Waals surface area contributed by atoms with Crippen LogP contribution in [0.1, 0.15) is 25.6 Å². The molecule has 4 rings (SSSR count). The van der Waals surface area contributed by atoms with Crippen molar-refractivity contribution in [3.8, 4) is 0 Å². The number of carbonyl (C=O) groups excluding carboxylic acids is 2. The lowest BCUT2D eigenvalue weighted by Gasteiger charge is -2.05. The highest BCUT2D eigenvalue weighted by Crippen LogP contribution is 2.35. The molecule has 0 saturated heterocycles. The van der Waals surface area contributed by atoms with Crippen molar-refractivity contribution < 1.29 is 14.5 Å². The second-order valence-corrected chi connectivity index (χ2v) is 8.22. The topological polar surface area (TPSA) is 89.3 Å². The van der Waals surface area contributed by atoms with Crippen molar-refractivity contribution in [2.75, 3.05) is 5.32 Å². The van der Waals surface area contributed by atoms with Gasteiger partial charge in [0, 0.05) is 27.4 Å². The van der Waals surface area contributed by atoms with E-state index >= 15 is 0 Å². The highest BCUT2D eigenvalue weighted by molar-refractivity contribution is 7.21. The quantitative estimate of drug-likeness (QED) is 0.151. The summed E-state index contributed by atoms with van der Waals surface area (Å²) in [6.45, 7) is 0. The summed E-state index contributed by atoms with van der Waals surface area (Å²) in [5.41, 5.74) is 1.17. The third kappa shape index (κ3) is 4.44. The van der Waals surface area contributed by atoms with Gasteiger partial charge in [-0.15, -0.1) is 11.3 Å². The van der Waals surface area contributed by atoms with Crippen LogP contribution in [0.5, 0.6) is 0 Å². The molecule has 0 aliphatic rings. The smallest absolute Gasteiger partial charge is 0.276 e. The van der Waals surface area contributed by atoms with Crippen molar-refractivity contribution in [2.24, 2.45) is 0 Å². The number of fused-ring (bicyclic) bond motifs is 1. The van der Waals surface area contributed by atoms with Crippen LogP contribution in [0, 0.1) is 10.1 Å². The number of nitrogens with one attached hydrogen (secondary N) is 1. The largest absolute Gasteiger partial charge is 0.321 e. The number of carbonyl (C=O) groups is 2. The van der Waals surface area contributed by atoms with E-state index < -0.39 is 4.92 Å². The summed E-state index contributed by atoms with van der Waals surface area (Å²) < 4.78 is 0.925. The average molecular weight is 463 g/mol. The molecule has 6 nitrogen and oxygen atoms in total. The number of halogens is 1. The lowest BCUT2D eigenvalue weighted by molar-refractivity contribution is -0.385. The maximum Gasteiger partial charge on any atom is 0.276 e. The summed E-state index contributed by atoms with van der Waals surface area (Å²) in [6.07, 6.45) is 2.70. The Morgan fingerprint density at radius 1 is 0.969 bits per heavy atom. The summed E-state index contributed by atoms with van der Waals surface area (Å²) >= 11 is 7.67. The van der Waals surface area contributed by atoms with E-state index in [1.807, 2.05) is 24.3 Å². The fourth-order valence-corrected chi connectivity index (χ4v) is 4.53. The normalized spacial score (nSPS) is 11.0. The molecule has 0 fully saturated rings. The van der Waals surface area contributed by atoms with E-state index in [1.165, 1.54) is 29.6 Å². The lowest BCUT2D eigenvalue weighted by Crippen LogP contribution is -2.10. The zero-order valence-corrected chi connectivity index (χ0v) is 18.0. The number of para-hydroxylation sites is 1. The number of allylic oxidation sites excluding steroid dienone is 1. The van der Waals surface area contributed by atoms with Crippen LogP contribution in [0.25, 0.3) is 16.2 Å². The highest BCUT2D eigenvalue weighted by Gasteiger charge is 2.17. The molecule has 0 saturated carbocycles. The van der Waals surface area contributed by atoms with E-state index in [4.69, 9.17) is 11.6 Å². The highest BCUT2D eigenvalue weighted by atomic mass is 35.5. The van der Waals surface area contributed by atoms with Gasteiger partial charge in [0.2, 0.25) is 0 Å². The van der Waals surface area contributed by atoms with E-state index in [-0.39, 0.29) is 17.4 Å². The number of rotatable bonds is 6. The summed E-state index contributed by atoms with van der Waals surface area (Å²) in [5, 5.41) is 15.1. The van der Waals surface area contributed by atoms with Crippen LogP contribution in [0.4, 0.5) is 11.4 Å². The number of hydrogen-bond donors (Lipinski definition) is 1. The molecular weight excluding hydrogens is 448 g/mol. The number of amides is 1. The Balaban J connectivity index is 1.47. The van der Waals surface area contributed by atoms with Crippen LogP contribution in [0.15, 0.2) is 78.9 Å². The Bertz CT molecular complexity index is 1380. The second-order valence-electron chi connectivity index (χ2n) is 6.79. The predicted molar refractivity (Wildman–Crippen MR) is 128 cm³/mol. The molecule has 0 aliphatic heterocycles. The minimum atomic E-state index is -0.496. The van der Waals surface area contributed by atoms with E-state index in [9.17, 15) is 19.7 Å². The maximum absolute atomic E-state index is 12.7. The van der Waals surface area contributed by atoms with Crippen molar-refractivity contribution in [1.82, 2.24) is 0 Å². The van der Waals surface area contributed by atoms with Crippen molar-refractivity contribution in [3.05, 3.63) is 110 Å². The summed E-state index contributed by atoms with van der Waals surface area (Å²) in [5.74, 6) is -0.639. The fourth-order valence-electron chi connectivity index (χ4n) is 3.12. The molecule has 0 atom stereocenters. The van der Waals surface area contributed by atoms with Crippen LogP contribution >= 0.6 is 22.9 Å². The van der Waals surface area contributed by atoms with Crippen LogP contribution in [0.2, 0.25) is 5.02 Å². The average Bonchev–Trinajstić information content (AvgIpc) is 3.15. The lowest BCUT2D eigenvalue weighted by atomic mass is 10.1. The number of hydrogen-bond acceptors (Lipinski definition) is 5. The van der Waals surface area contributed by atoms with E-state index in [2.05, 4.69) is 5.32 Å². The SMILES string of the molecule is O=C(/C=C/c1ccccc1[N+](=O)[O-])c1ccc(NC(=O)c2sc3ccccc3c2Cl)cc1. The molecule has 158 valence electrons. The Morgan fingerprint density at radius 3 is 2.38 bits per heavy atom. The first-order valence-electron chi connectivity index (χ1n) is 9.48. The number of nitrogens with zero attached hydrogens (tertiary/aromatic N) is 1. The summed E-state index contributed by atoms with van der Waals surface area (Å²) in [7, 11) is 0. The maximum atomic E-state index is 12.7. The fraction of sp³-hybridized carbons (Fsp3) is 0. The zero-order chi connectivity index (χ0) is 22.7. The van der Waals surface area contributed by atoms with Gasteiger partial charge in [-0.25, -0.2) is 0 Å². The van der Waals surface area contributed by atoms with Crippen LogP contribution in [0.3, 0.4) is 0 Å². The van der Waals surface area contributed by atoms with E-state index in [0.29, 0.717) is 26.7 Å². The van der Waals surface area contributed by atoms with Gasteiger partial charge in [0.15, 0.2) is 5.78 Å². The Labute approximate surface area is 191 Å². The number of nitro benzene ring substituents is 1. The van der Waals surface area contributed by atoms with Gasteiger partial charge in [0.1, 0.15) is 4.88 Å². The number of ketones is 1. The molecule has 0 spiro atoms. The van der Waals surface area contributed by atoms with Gasteiger partial charge in [0.25, 0.3) is 11.6 Å². The molecule has 1 heterocycles. The van der Waals surface area contributed by atoms with Crippen molar-refractivity contribution in [1.29, 1.82) is 0 Å². The molecule has 0 unspecified atom stereocenters. The minimum absolute atomic E-state index is 0.0745. The zero-order valence-electron chi connectivity index (χ0n) is 16.4. The first-order chi connectivity index (χ1) is 15.4. The molecule has 32 heavy (non-hydrogen) atoms. The second kappa shape index (κ2) is 9.13. The summed E-state index contributed by atoms with van der Waals surface area (Å²) in [4.78, 5) is 36.1. The van der Waals surface area contributed by atoms with Crippen molar-refractivity contribution >= 4 is 62.2 Å². The first-order valence-corrected chi connectivity index (χ1v) is 10.7. The minimum Gasteiger partial charge on any atom is -0.321 e. The van der Waals surface area contributed by atoms with Crippen LogP contribution in [-0.2, 0) is 0 Å². The molecule has 0 bridgehead atoms. The van der Waals surface area contributed by atoms with Gasteiger partial charge in [-0.3, -0.25) is 19.7 Å². The third-order valence-corrected chi connectivity index (χ3v) is 6.39. The number of benzene rings is 3. The van der Waals surface area contributed by atoms with Gasteiger partial charge >= 0.3 is 0 Å². The van der Waals surface area contributed by atoms with Gasteiger partial charge in [0.05, 0.1) is 15.5 Å². The van der Waals surface area contributed by atoms with E-state index in [0.717, 1.165) is 10.1 Å². The number of thiophene rings is 1. The molecule has 1 N–H and O–H groups in total. The molecule has 1 amide bonds. The first kappa shape index (κ1) is 21.4. The molecular formula is C24H15ClN2O4S. The van der Waals surface area contributed by atoms with E-state index in [1.54, 1.807) is 42.5 Å². The van der Waals surface area contributed by atoms with Gasteiger partial charge < -0.3 is 5.32 Å². The molecule has 4 aromatic rings. The molecule has 0 aliphatic carbocycles. The van der Waals surface area contributed by atoms with Crippen molar-refractivity contribution in [2.45, 2.75) is 0 Å². The van der Waals surface area contributed by atoms with Crippen LogP contribution in [-0.4, -0.2) is 16.6 Å². The Morgan fingerprint density at radius 2 is 1.66 bits per heavy atom. The third-order valence-electron chi connectivity index (χ3n) is 4.72. The number of nitro groups is 1. The molecule has 1 aromatic heterocycles. The van der Waals surface area contributed by atoms with Gasteiger partial charge in [-0.05, 0) is 48.6 Å². The Hall–Kier alpha value is -3.81. The predicted octanol–water partition coefficient (Wildman–Crippen LogP) is 6.61. The molecule has 8 heteroatoms. The van der Waals surface area contributed by atoms with Crippen molar-refractivity contribution in [3.63, 3.8) is 0 Å². The van der Waals surface area contributed by atoms with Gasteiger partial charge in [-0.2, -0.15) is 0 Å².